The van der Waals surface area contributed by atoms with Crippen LogP contribution in [0.5, 0.6) is 11.5 Å². The molecule has 0 saturated carbocycles. The fourth-order valence-electron chi connectivity index (χ4n) is 3.93. The van der Waals surface area contributed by atoms with E-state index in [1.165, 1.54) is 5.56 Å². The monoisotopic (exact) mass is 566 g/mol. The molecule has 2 heterocycles. The van der Waals surface area contributed by atoms with Gasteiger partial charge in [-0.15, -0.1) is 24.0 Å². The molecule has 31 heavy (non-hydrogen) atoms. The van der Waals surface area contributed by atoms with Gasteiger partial charge in [-0.1, -0.05) is 0 Å². The van der Waals surface area contributed by atoms with Gasteiger partial charge < -0.3 is 20.1 Å². The third-order valence-corrected chi connectivity index (χ3v) is 7.49. The number of halogens is 1. The van der Waals surface area contributed by atoms with Crippen LogP contribution in [0.2, 0.25) is 0 Å². The van der Waals surface area contributed by atoms with E-state index in [-0.39, 0.29) is 41.9 Å². The number of benzene rings is 1. The molecule has 0 aliphatic carbocycles. The molecule has 2 aliphatic rings. The molecule has 0 radical (unpaired) electrons. The second-order valence-corrected chi connectivity index (χ2v) is 10.1. The standard InChI is InChI=1S/C21H34N4O4S.HI/c1-5-22-21(24-18-7-9-25(10-8-18)30(26,27)6-2)23-14-17-13-20-16(11-15(3)29-20)12-19(17)28-4;/h12-13,15,18H,5-11,14H2,1-4H3,(H2,22,23,24);1H. The number of fused-ring (bicyclic) bond motifs is 1. The van der Waals surface area contributed by atoms with Gasteiger partial charge in [0, 0.05) is 43.2 Å². The average Bonchev–Trinajstić information content (AvgIpc) is 3.10. The first kappa shape index (κ1) is 26.0. The Labute approximate surface area is 203 Å². The molecule has 176 valence electrons. The number of hydrogen-bond donors (Lipinski definition) is 2. The Bertz CT molecular complexity index is 870. The Hall–Kier alpha value is -1.27. The van der Waals surface area contributed by atoms with Gasteiger partial charge in [0.2, 0.25) is 10.0 Å². The van der Waals surface area contributed by atoms with Crippen molar-refractivity contribution in [3.8, 4) is 11.5 Å². The molecule has 2 N–H and O–H groups in total. The molecule has 3 rings (SSSR count). The molecule has 0 spiro atoms. The maximum Gasteiger partial charge on any atom is 0.213 e. The predicted octanol–water partition coefficient (Wildman–Crippen LogP) is 2.51. The second kappa shape index (κ2) is 11.6. The van der Waals surface area contributed by atoms with Gasteiger partial charge in [-0.25, -0.2) is 17.7 Å². The van der Waals surface area contributed by atoms with Gasteiger partial charge in [0.05, 0.1) is 19.4 Å². The van der Waals surface area contributed by atoms with Crippen molar-refractivity contribution < 1.29 is 17.9 Å². The summed E-state index contributed by atoms with van der Waals surface area (Å²) in [6.07, 6.45) is 2.60. The average molecular weight is 567 g/mol. The normalized spacial score (nSPS) is 19.9. The van der Waals surface area contributed by atoms with Crippen LogP contribution < -0.4 is 20.1 Å². The molecule has 1 unspecified atom stereocenters. The zero-order chi connectivity index (χ0) is 21.7. The van der Waals surface area contributed by atoms with Crippen LogP contribution in [0.1, 0.15) is 44.7 Å². The van der Waals surface area contributed by atoms with Gasteiger partial charge >= 0.3 is 0 Å². The van der Waals surface area contributed by atoms with Crippen LogP contribution in [0.3, 0.4) is 0 Å². The minimum absolute atomic E-state index is 0. The number of piperidine rings is 1. The van der Waals surface area contributed by atoms with E-state index in [1.54, 1.807) is 18.3 Å². The topological polar surface area (TPSA) is 92.3 Å². The van der Waals surface area contributed by atoms with Gasteiger partial charge in [0.1, 0.15) is 17.6 Å². The van der Waals surface area contributed by atoms with Crippen LogP contribution in [0.15, 0.2) is 17.1 Å². The second-order valence-electron chi connectivity index (χ2n) is 7.82. The van der Waals surface area contributed by atoms with E-state index < -0.39 is 10.0 Å². The van der Waals surface area contributed by atoms with Crippen LogP contribution in [-0.4, -0.2) is 63.3 Å². The first-order chi connectivity index (χ1) is 14.4. The van der Waals surface area contributed by atoms with Crippen molar-refractivity contribution >= 4 is 40.0 Å². The van der Waals surface area contributed by atoms with E-state index in [1.807, 2.05) is 19.1 Å². The lowest BCUT2D eigenvalue weighted by molar-refractivity contribution is 0.254. The first-order valence-corrected chi connectivity index (χ1v) is 12.4. The van der Waals surface area contributed by atoms with Crippen LogP contribution >= 0.6 is 24.0 Å². The SMILES string of the molecule is CCNC(=NCc1cc2c(cc1OC)CC(C)O2)NC1CCN(S(=O)(=O)CC)CC1.I. The molecule has 1 aromatic carbocycles. The Kier molecular flexibility index (Phi) is 9.68. The van der Waals surface area contributed by atoms with E-state index >= 15 is 0 Å². The zero-order valence-corrected chi connectivity index (χ0v) is 22.0. The smallest absolute Gasteiger partial charge is 0.213 e. The molecule has 0 aromatic heterocycles. The van der Waals surface area contributed by atoms with Crippen molar-refractivity contribution in [2.45, 2.75) is 58.7 Å². The molecule has 1 aromatic rings. The van der Waals surface area contributed by atoms with Crippen LogP contribution in [-0.2, 0) is 23.0 Å². The van der Waals surface area contributed by atoms with Gasteiger partial charge in [-0.2, -0.15) is 0 Å². The Morgan fingerprint density at radius 1 is 1.29 bits per heavy atom. The molecule has 1 saturated heterocycles. The lowest BCUT2D eigenvalue weighted by Gasteiger charge is -2.32. The number of hydrogen-bond acceptors (Lipinski definition) is 5. The summed E-state index contributed by atoms with van der Waals surface area (Å²) in [7, 11) is -1.44. The molecule has 1 atom stereocenters. The van der Waals surface area contributed by atoms with Crippen molar-refractivity contribution in [1.29, 1.82) is 0 Å². The summed E-state index contributed by atoms with van der Waals surface area (Å²) in [6, 6.07) is 4.27. The van der Waals surface area contributed by atoms with Gasteiger partial charge in [0.15, 0.2) is 5.96 Å². The van der Waals surface area contributed by atoms with Crippen molar-refractivity contribution in [1.82, 2.24) is 14.9 Å². The molecule has 0 amide bonds. The maximum absolute atomic E-state index is 12.1. The van der Waals surface area contributed by atoms with Crippen LogP contribution in [0.4, 0.5) is 0 Å². The highest BCUT2D eigenvalue weighted by Gasteiger charge is 2.27. The summed E-state index contributed by atoms with van der Waals surface area (Å²) < 4.78 is 37.2. The quantitative estimate of drug-likeness (QED) is 0.300. The van der Waals surface area contributed by atoms with E-state index in [0.717, 1.165) is 48.8 Å². The molecule has 1 fully saturated rings. The summed E-state index contributed by atoms with van der Waals surface area (Å²) >= 11 is 0. The summed E-state index contributed by atoms with van der Waals surface area (Å²) in [5.41, 5.74) is 2.15. The first-order valence-electron chi connectivity index (χ1n) is 10.7. The van der Waals surface area contributed by atoms with E-state index in [0.29, 0.717) is 19.6 Å². The Balaban J connectivity index is 0.00000341. The molecular formula is C21H35IN4O4S. The number of sulfonamides is 1. The third kappa shape index (κ3) is 6.61. The molecular weight excluding hydrogens is 531 g/mol. The number of aliphatic imine (C=N–C) groups is 1. The highest BCUT2D eigenvalue weighted by atomic mass is 127. The van der Waals surface area contributed by atoms with Crippen LogP contribution in [0, 0.1) is 0 Å². The van der Waals surface area contributed by atoms with Crippen molar-refractivity contribution in [3.63, 3.8) is 0 Å². The highest BCUT2D eigenvalue weighted by Crippen LogP contribution is 2.35. The largest absolute Gasteiger partial charge is 0.496 e. The summed E-state index contributed by atoms with van der Waals surface area (Å²) in [6.45, 7) is 8.08. The fraction of sp³-hybridized carbons (Fsp3) is 0.667. The molecule has 2 aliphatic heterocycles. The minimum Gasteiger partial charge on any atom is -0.496 e. The number of rotatable bonds is 7. The van der Waals surface area contributed by atoms with Crippen molar-refractivity contribution in [2.75, 3.05) is 32.5 Å². The third-order valence-electron chi connectivity index (χ3n) is 5.60. The van der Waals surface area contributed by atoms with Gasteiger partial charge in [-0.05, 0) is 45.7 Å². The van der Waals surface area contributed by atoms with Crippen LogP contribution in [0.25, 0.3) is 0 Å². The number of nitrogens with zero attached hydrogens (tertiary/aromatic N) is 2. The van der Waals surface area contributed by atoms with E-state index in [2.05, 4.69) is 17.6 Å². The molecule has 10 heteroatoms. The summed E-state index contributed by atoms with van der Waals surface area (Å²) in [4.78, 5) is 4.74. The number of guanidine groups is 1. The van der Waals surface area contributed by atoms with Crippen molar-refractivity contribution in [3.05, 3.63) is 23.3 Å². The Morgan fingerprint density at radius 3 is 2.61 bits per heavy atom. The van der Waals surface area contributed by atoms with E-state index in [4.69, 9.17) is 14.5 Å². The van der Waals surface area contributed by atoms with Gasteiger partial charge in [-0.3, -0.25) is 0 Å². The highest BCUT2D eigenvalue weighted by molar-refractivity contribution is 14.0. The number of methoxy groups -OCH3 is 1. The summed E-state index contributed by atoms with van der Waals surface area (Å²) in [5.74, 6) is 2.62. The lowest BCUT2D eigenvalue weighted by Crippen LogP contribution is -2.50. The fourth-order valence-corrected chi connectivity index (χ4v) is 5.07. The number of nitrogens with one attached hydrogen (secondary N) is 2. The molecule has 0 bridgehead atoms. The zero-order valence-electron chi connectivity index (χ0n) is 18.8. The molecule has 8 nitrogen and oxygen atoms in total. The van der Waals surface area contributed by atoms with Crippen molar-refractivity contribution in [2.24, 2.45) is 4.99 Å². The lowest BCUT2D eigenvalue weighted by atomic mass is 10.1. The van der Waals surface area contributed by atoms with Gasteiger partial charge in [0.25, 0.3) is 0 Å². The Morgan fingerprint density at radius 2 is 2.00 bits per heavy atom. The predicted molar refractivity (Wildman–Crippen MR) is 134 cm³/mol. The maximum atomic E-state index is 12.1. The number of ether oxygens (including phenoxy) is 2. The summed E-state index contributed by atoms with van der Waals surface area (Å²) in [5, 5.41) is 6.74. The van der Waals surface area contributed by atoms with E-state index in [9.17, 15) is 8.42 Å². The minimum atomic E-state index is -3.11.